The minimum Gasteiger partial charge on any atom is -0.481 e. The highest BCUT2D eigenvalue weighted by Crippen LogP contribution is 2.26. The summed E-state index contributed by atoms with van der Waals surface area (Å²) in [6.07, 6.45) is 5.74. The summed E-state index contributed by atoms with van der Waals surface area (Å²) in [5.74, 6) is -2.62. The van der Waals surface area contributed by atoms with Crippen LogP contribution in [0, 0.1) is 0 Å². The molecule has 0 aliphatic rings. The van der Waals surface area contributed by atoms with Gasteiger partial charge in [0.2, 0.25) is 0 Å². The first-order chi connectivity index (χ1) is 16.1. The second kappa shape index (κ2) is 10.6. The highest BCUT2D eigenvalue weighted by Gasteiger charge is 2.38. The van der Waals surface area contributed by atoms with Gasteiger partial charge in [0.15, 0.2) is 0 Å². The lowest BCUT2D eigenvalue weighted by Gasteiger charge is -2.38. The van der Waals surface area contributed by atoms with Crippen LogP contribution in [0.5, 0.6) is 5.75 Å². The Morgan fingerprint density at radius 3 is 2.53 bits per heavy atom. The second-order valence-corrected chi connectivity index (χ2v) is 9.14. The number of aromatic amines is 1. The van der Waals surface area contributed by atoms with Gasteiger partial charge in [0.05, 0.1) is 12.8 Å². The zero-order chi connectivity index (χ0) is 24.8. The van der Waals surface area contributed by atoms with Gasteiger partial charge in [-0.2, -0.15) is 0 Å². The van der Waals surface area contributed by atoms with Crippen LogP contribution in [0.3, 0.4) is 0 Å². The molecule has 0 radical (unpaired) electrons. The maximum absolute atomic E-state index is 12.4. The number of carbonyl (C=O) groups is 2. The number of carboxylic acids is 1. The molecule has 7 nitrogen and oxygen atoms in total. The first kappa shape index (κ1) is 25.1. The molecule has 3 rings (SSSR count). The molecular weight excluding hydrogens is 432 g/mol. The minimum absolute atomic E-state index is 0.236. The van der Waals surface area contributed by atoms with E-state index in [4.69, 9.17) is 14.6 Å². The summed E-state index contributed by atoms with van der Waals surface area (Å²) < 4.78 is 11.9. The van der Waals surface area contributed by atoms with Crippen molar-refractivity contribution in [3.63, 3.8) is 0 Å². The monoisotopic (exact) mass is 464 g/mol. The Morgan fingerprint density at radius 1 is 1.06 bits per heavy atom. The van der Waals surface area contributed by atoms with Crippen molar-refractivity contribution in [3.05, 3.63) is 65.9 Å². The van der Waals surface area contributed by atoms with E-state index in [9.17, 15) is 9.59 Å². The molecule has 0 amide bonds. The standard InChI is InChI=1S/C27H32N2O5/c1-5-27(29-26(2,3)4,34-25(32)15-14-24(30)31)33-21-10-6-8-19(18-21)12-13-20-9-7-11-23-22(20)16-17-28-23/h6-13,16-18,28-29H,5,14-15H2,1-4H3,(H,30,31). The van der Waals surface area contributed by atoms with Crippen LogP contribution in [-0.4, -0.2) is 33.5 Å². The van der Waals surface area contributed by atoms with E-state index < -0.39 is 23.4 Å². The van der Waals surface area contributed by atoms with Crippen molar-refractivity contribution in [2.75, 3.05) is 0 Å². The van der Waals surface area contributed by atoms with Gasteiger partial charge in [-0.1, -0.05) is 43.3 Å². The number of benzene rings is 2. The van der Waals surface area contributed by atoms with Gasteiger partial charge in [-0.25, -0.2) is 5.32 Å². The third kappa shape index (κ3) is 6.96. The lowest BCUT2D eigenvalue weighted by molar-refractivity contribution is -0.218. The zero-order valence-electron chi connectivity index (χ0n) is 20.1. The highest BCUT2D eigenvalue weighted by atomic mass is 16.7. The summed E-state index contributed by atoms with van der Waals surface area (Å²) in [6.45, 7) is 7.65. The maximum Gasteiger partial charge on any atom is 0.315 e. The lowest BCUT2D eigenvalue weighted by atomic mass is 10.1. The van der Waals surface area contributed by atoms with E-state index in [1.54, 1.807) is 6.07 Å². The van der Waals surface area contributed by atoms with E-state index in [-0.39, 0.29) is 12.8 Å². The molecule has 0 bridgehead atoms. The highest BCUT2D eigenvalue weighted by molar-refractivity contribution is 5.91. The molecule has 2 aromatic carbocycles. The summed E-state index contributed by atoms with van der Waals surface area (Å²) in [5.41, 5.74) is 2.65. The number of H-pyrrole nitrogens is 1. The van der Waals surface area contributed by atoms with Crippen LogP contribution in [0.1, 0.15) is 58.1 Å². The van der Waals surface area contributed by atoms with E-state index in [1.165, 1.54) is 0 Å². The van der Waals surface area contributed by atoms with Crippen LogP contribution in [0.2, 0.25) is 0 Å². The molecule has 0 spiro atoms. The van der Waals surface area contributed by atoms with Crippen LogP contribution in [0.4, 0.5) is 0 Å². The van der Waals surface area contributed by atoms with Gasteiger partial charge in [0, 0.05) is 29.1 Å². The topological polar surface area (TPSA) is 101 Å². The fourth-order valence-electron chi connectivity index (χ4n) is 3.63. The van der Waals surface area contributed by atoms with Gasteiger partial charge in [0.25, 0.3) is 0 Å². The van der Waals surface area contributed by atoms with Crippen LogP contribution in [0.25, 0.3) is 23.1 Å². The van der Waals surface area contributed by atoms with Crippen LogP contribution in [-0.2, 0) is 14.3 Å². The summed E-state index contributed by atoms with van der Waals surface area (Å²) in [4.78, 5) is 26.5. The first-order valence-electron chi connectivity index (χ1n) is 11.4. The van der Waals surface area contributed by atoms with E-state index in [0.717, 1.165) is 22.0 Å². The van der Waals surface area contributed by atoms with Crippen molar-refractivity contribution in [3.8, 4) is 5.75 Å². The Hall–Kier alpha value is -3.58. The molecule has 0 saturated carbocycles. The number of carbonyl (C=O) groups excluding carboxylic acids is 1. The van der Waals surface area contributed by atoms with Crippen molar-refractivity contribution in [1.29, 1.82) is 0 Å². The Morgan fingerprint density at radius 2 is 1.82 bits per heavy atom. The Bertz CT molecular complexity index is 1170. The van der Waals surface area contributed by atoms with Crippen LogP contribution < -0.4 is 10.1 Å². The molecule has 0 aliphatic carbocycles. The number of ether oxygens (including phenoxy) is 2. The molecule has 1 aromatic heterocycles. The number of fused-ring (bicyclic) bond motifs is 1. The number of esters is 1. The minimum atomic E-state index is -1.44. The smallest absolute Gasteiger partial charge is 0.315 e. The van der Waals surface area contributed by atoms with E-state index in [2.05, 4.69) is 16.4 Å². The molecule has 34 heavy (non-hydrogen) atoms. The molecule has 1 heterocycles. The average Bonchev–Trinajstić information content (AvgIpc) is 3.25. The Labute approximate surface area is 199 Å². The van der Waals surface area contributed by atoms with Crippen LogP contribution in [0.15, 0.2) is 54.7 Å². The number of aromatic nitrogens is 1. The lowest BCUT2D eigenvalue weighted by Crippen LogP contribution is -2.60. The van der Waals surface area contributed by atoms with Crippen molar-refractivity contribution >= 4 is 35.0 Å². The predicted octanol–water partition coefficient (Wildman–Crippen LogP) is 5.58. The van der Waals surface area contributed by atoms with Gasteiger partial charge in [0.1, 0.15) is 5.75 Å². The number of rotatable bonds is 10. The molecular formula is C27H32N2O5. The van der Waals surface area contributed by atoms with Gasteiger partial charge in [-0.15, -0.1) is 0 Å². The third-order valence-corrected chi connectivity index (χ3v) is 5.08. The van der Waals surface area contributed by atoms with Crippen molar-refractivity contribution in [2.45, 2.75) is 58.4 Å². The Kier molecular flexibility index (Phi) is 7.79. The third-order valence-electron chi connectivity index (χ3n) is 5.08. The molecule has 180 valence electrons. The van der Waals surface area contributed by atoms with Gasteiger partial charge in [-0.05, 0) is 56.2 Å². The number of hydrogen-bond donors (Lipinski definition) is 3. The molecule has 0 fully saturated rings. The SMILES string of the molecule is CCC(NC(C)(C)C)(OC(=O)CCC(=O)O)Oc1cccc(C=Cc2cccc3[nH]ccc23)c1. The van der Waals surface area contributed by atoms with E-state index >= 15 is 0 Å². The van der Waals surface area contributed by atoms with Crippen LogP contribution >= 0.6 is 0 Å². The summed E-state index contributed by atoms with van der Waals surface area (Å²) in [5, 5.41) is 13.3. The molecule has 1 unspecified atom stereocenters. The van der Waals surface area contributed by atoms with Crippen molar-refractivity contribution in [2.24, 2.45) is 0 Å². The number of nitrogens with one attached hydrogen (secondary N) is 2. The molecule has 0 saturated heterocycles. The second-order valence-electron chi connectivity index (χ2n) is 9.14. The van der Waals surface area contributed by atoms with Gasteiger partial charge < -0.3 is 19.6 Å². The normalized spacial score (nSPS) is 13.6. The molecule has 0 aliphatic heterocycles. The Balaban J connectivity index is 1.83. The van der Waals surface area contributed by atoms with Crippen molar-refractivity contribution in [1.82, 2.24) is 10.3 Å². The number of hydrogen-bond acceptors (Lipinski definition) is 5. The molecule has 1 atom stereocenters. The fourth-order valence-corrected chi connectivity index (χ4v) is 3.63. The zero-order valence-corrected chi connectivity index (χ0v) is 20.1. The molecule has 7 heteroatoms. The van der Waals surface area contributed by atoms with E-state index in [1.807, 2.05) is 82.4 Å². The predicted molar refractivity (Wildman–Crippen MR) is 133 cm³/mol. The average molecular weight is 465 g/mol. The quantitative estimate of drug-likeness (QED) is 0.206. The number of aliphatic carboxylic acids is 1. The summed E-state index contributed by atoms with van der Waals surface area (Å²) in [6, 6.07) is 15.6. The van der Waals surface area contributed by atoms with Crippen molar-refractivity contribution < 1.29 is 24.2 Å². The summed E-state index contributed by atoms with van der Waals surface area (Å²) >= 11 is 0. The largest absolute Gasteiger partial charge is 0.481 e. The molecule has 3 N–H and O–H groups in total. The maximum atomic E-state index is 12.4. The molecule has 3 aromatic rings. The van der Waals surface area contributed by atoms with Gasteiger partial charge in [-0.3, -0.25) is 9.59 Å². The summed E-state index contributed by atoms with van der Waals surface area (Å²) in [7, 11) is 0. The van der Waals surface area contributed by atoms with Gasteiger partial charge >= 0.3 is 17.8 Å². The first-order valence-corrected chi connectivity index (χ1v) is 11.4. The fraction of sp³-hybridized carbons (Fsp3) is 0.333. The number of carboxylic acid groups (broad SMARTS) is 1. The van der Waals surface area contributed by atoms with E-state index in [0.29, 0.717) is 12.2 Å².